The highest BCUT2D eigenvalue weighted by atomic mass is 32.2. The molecular weight excluding hydrogens is 432 g/mol. The average Bonchev–Trinajstić information content (AvgIpc) is 3.64. The van der Waals surface area contributed by atoms with Crippen molar-refractivity contribution in [1.29, 1.82) is 0 Å². The molecule has 0 radical (unpaired) electrons. The zero-order chi connectivity index (χ0) is 23.1. The molecule has 0 spiro atoms. The summed E-state index contributed by atoms with van der Waals surface area (Å²) in [6.07, 6.45) is 9.24. The summed E-state index contributed by atoms with van der Waals surface area (Å²) in [5.41, 5.74) is -1.09. The van der Waals surface area contributed by atoms with Crippen molar-refractivity contribution < 1.29 is 27.9 Å². The summed E-state index contributed by atoms with van der Waals surface area (Å²) in [6, 6.07) is -0.764. The summed E-state index contributed by atoms with van der Waals surface area (Å²) in [4.78, 5) is 41.0. The van der Waals surface area contributed by atoms with Gasteiger partial charge in [0, 0.05) is 25.3 Å². The molecule has 0 aromatic heterocycles. The number of amides is 2. The van der Waals surface area contributed by atoms with Gasteiger partial charge < -0.3 is 10.0 Å². The predicted octanol–water partition coefficient (Wildman–Crippen LogP) is 1.68. The second-order valence-corrected chi connectivity index (χ2v) is 12.1. The lowest BCUT2D eigenvalue weighted by molar-refractivity contribution is -0.141. The Bertz CT molecular complexity index is 911. The third-order valence-corrected chi connectivity index (χ3v) is 9.32. The number of carbonyl (C=O) groups is 3. The fourth-order valence-corrected chi connectivity index (χ4v) is 6.56. The lowest BCUT2D eigenvalue weighted by Crippen LogP contribution is -2.46. The zero-order valence-corrected chi connectivity index (χ0v) is 19.5. The molecule has 1 saturated heterocycles. The Balaban J connectivity index is 1.58. The number of nitrogens with one attached hydrogen (secondary N) is 1. The standard InChI is InChI=1S/C23H34N2O6S/c1-15-7-5-3-2-4-6-8-16-12-23(16,22(29)24-32(30,31)18-9-10-18)13-20(27)19-11-17(26)14-25(19)21(15)28/h6,8,15-19,26H,2-5,7,9-14H2,1H3,(H,24,29)/b8-6-/t15-,16-,17+,19-,23+/m0/s1. The van der Waals surface area contributed by atoms with Gasteiger partial charge in [0.2, 0.25) is 21.8 Å². The predicted molar refractivity (Wildman–Crippen MR) is 118 cm³/mol. The van der Waals surface area contributed by atoms with E-state index in [1.165, 1.54) is 4.90 Å². The van der Waals surface area contributed by atoms with E-state index in [4.69, 9.17) is 0 Å². The van der Waals surface area contributed by atoms with Gasteiger partial charge in [-0.15, -0.1) is 0 Å². The van der Waals surface area contributed by atoms with Crippen LogP contribution in [0.4, 0.5) is 0 Å². The number of rotatable bonds is 3. The van der Waals surface area contributed by atoms with Gasteiger partial charge in [-0.2, -0.15) is 0 Å². The average molecular weight is 467 g/mol. The molecule has 0 bridgehead atoms. The van der Waals surface area contributed by atoms with E-state index in [1.54, 1.807) is 0 Å². The van der Waals surface area contributed by atoms with Gasteiger partial charge in [-0.25, -0.2) is 8.42 Å². The largest absolute Gasteiger partial charge is 0.391 e. The molecule has 2 N–H and O–H groups in total. The van der Waals surface area contributed by atoms with Crippen molar-refractivity contribution in [3.8, 4) is 0 Å². The minimum atomic E-state index is -3.71. The van der Waals surface area contributed by atoms with Crippen LogP contribution in [0.2, 0.25) is 0 Å². The van der Waals surface area contributed by atoms with E-state index in [-0.39, 0.29) is 42.9 Å². The van der Waals surface area contributed by atoms with E-state index in [2.05, 4.69) is 4.72 Å². The van der Waals surface area contributed by atoms with Crippen LogP contribution in [0.1, 0.15) is 71.1 Å². The molecule has 2 aliphatic heterocycles. The maximum atomic E-state index is 13.3. The number of nitrogens with zero attached hydrogens (tertiary/aromatic N) is 1. The number of sulfonamides is 1. The van der Waals surface area contributed by atoms with Crippen molar-refractivity contribution >= 4 is 27.6 Å². The van der Waals surface area contributed by atoms with Crippen molar-refractivity contribution in [1.82, 2.24) is 9.62 Å². The van der Waals surface area contributed by atoms with E-state index in [0.29, 0.717) is 19.3 Å². The van der Waals surface area contributed by atoms with Crippen LogP contribution in [0.15, 0.2) is 12.2 Å². The number of ketones is 1. The summed E-state index contributed by atoms with van der Waals surface area (Å²) in [7, 11) is -3.71. The summed E-state index contributed by atoms with van der Waals surface area (Å²) in [6.45, 7) is 1.99. The summed E-state index contributed by atoms with van der Waals surface area (Å²) in [5.74, 6) is -1.44. The highest BCUT2D eigenvalue weighted by Gasteiger charge is 2.61. The van der Waals surface area contributed by atoms with Crippen LogP contribution in [0, 0.1) is 17.3 Å². The van der Waals surface area contributed by atoms with Gasteiger partial charge in [0.25, 0.3) is 0 Å². The number of aliphatic hydroxyl groups excluding tert-OH is 1. The van der Waals surface area contributed by atoms with Crippen LogP contribution >= 0.6 is 0 Å². The van der Waals surface area contributed by atoms with Crippen LogP contribution in [0.25, 0.3) is 0 Å². The van der Waals surface area contributed by atoms with Crippen LogP contribution in [0.5, 0.6) is 0 Å². The van der Waals surface area contributed by atoms with Crippen molar-refractivity contribution in [2.24, 2.45) is 17.3 Å². The zero-order valence-electron chi connectivity index (χ0n) is 18.7. The second-order valence-electron chi connectivity index (χ2n) is 10.1. The van der Waals surface area contributed by atoms with E-state index in [9.17, 15) is 27.9 Å². The van der Waals surface area contributed by atoms with E-state index >= 15 is 0 Å². The second kappa shape index (κ2) is 8.89. The molecule has 178 valence electrons. The fourth-order valence-electron chi connectivity index (χ4n) is 5.17. The molecule has 3 fully saturated rings. The summed E-state index contributed by atoms with van der Waals surface area (Å²) < 4.78 is 27.0. The molecule has 4 rings (SSSR count). The smallest absolute Gasteiger partial charge is 0.240 e. The van der Waals surface area contributed by atoms with Crippen LogP contribution in [0.3, 0.4) is 0 Å². The Kier molecular flexibility index (Phi) is 6.51. The fraction of sp³-hybridized carbons (Fsp3) is 0.783. The number of hydrogen-bond donors (Lipinski definition) is 2. The number of hydrogen-bond acceptors (Lipinski definition) is 6. The van der Waals surface area contributed by atoms with Crippen LogP contribution < -0.4 is 4.72 Å². The topological polar surface area (TPSA) is 121 Å². The Morgan fingerprint density at radius 3 is 2.66 bits per heavy atom. The van der Waals surface area contributed by atoms with Crippen molar-refractivity contribution in [3.63, 3.8) is 0 Å². The van der Waals surface area contributed by atoms with Crippen molar-refractivity contribution in [2.45, 2.75) is 88.5 Å². The minimum absolute atomic E-state index is 0.121. The van der Waals surface area contributed by atoms with Gasteiger partial charge in [0.1, 0.15) is 0 Å². The highest BCUT2D eigenvalue weighted by molar-refractivity contribution is 7.90. The Hall–Kier alpha value is -1.74. The van der Waals surface area contributed by atoms with Gasteiger partial charge >= 0.3 is 0 Å². The minimum Gasteiger partial charge on any atom is -0.391 e. The molecule has 32 heavy (non-hydrogen) atoms. The van der Waals surface area contributed by atoms with E-state index in [1.807, 2.05) is 19.1 Å². The molecule has 2 heterocycles. The monoisotopic (exact) mass is 466 g/mol. The van der Waals surface area contributed by atoms with Crippen molar-refractivity contribution in [2.75, 3.05) is 6.54 Å². The lowest BCUT2D eigenvalue weighted by Gasteiger charge is -2.27. The number of Topliss-reactive ketones (excluding diaryl/α,β-unsaturated/α-hetero) is 1. The van der Waals surface area contributed by atoms with Gasteiger partial charge in [-0.05, 0) is 44.4 Å². The molecule has 2 amide bonds. The molecule has 9 heteroatoms. The molecular formula is C23H34N2O6S. The van der Waals surface area contributed by atoms with E-state index < -0.39 is 38.7 Å². The lowest BCUT2D eigenvalue weighted by atomic mass is 9.91. The molecule has 2 saturated carbocycles. The molecule has 4 aliphatic rings. The number of allylic oxidation sites excluding steroid dienone is 2. The molecule has 0 aromatic rings. The molecule has 0 aromatic carbocycles. The van der Waals surface area contributed by atoms with Gasteiger partial charge in [0.15, 0.2) is 5.78 Å². The first-order chi connectivity index (χ1) is 15.1. The maximum Gasteiger partial charge on any atom is 0.240 e. The van der Waals surface area contributed by atoms with Gasteiger partial charge in [-0.3, -0.25) is 19.1 Å². The van der Waals surface area contributed by atoms with Crippen LogP contribution in [-0.4, -0.2) is 60.0 Å². The number of carbonyl (C=O) groups excluding carboxylic acids is 3. The quantitative estimate of drug-likeness (QED) is 0.611. The first-order valence-electron chi connectivity index (χ1n) is 11.9. The Morgan fingerprint density at radius 2 is 1.94 bits per heavy atom. The van der Waals surface area contributed by atoms with Crippen LogP contribution in [-0.2, 0) is 24.4 Å². The third-order valence-electron chi connectivity index (χ3n) is 7.51. The number of aliphatic hydroxyl groups is 1. The Morgan fingerprint density at radius 1 is 1.19 bits per heavy atom. The first-order valence-corrected chi connectivity index (χ1v) is 13.4. The normalized spacial score (nSPS) is 37.6. The molecule has 5 atom stereocenters. The van der Waals surface area contributed by atoms with E-state index in [0.717, 1.165) is 32.1 Å². The van der Waals surface area contributed by atoms with Gasteiger partial charge in [-0.1, -0.05) is 31.9 Å². The molecule has 8 nitrogen and oxygen atoms in total. The maximum absolute atomic E-state index is 13.3. The summed E-state index contributed by atoms with van der Waals surface area (Å²) in [5, 5.41) is 9.68. The highest BCUT2D eigenvalue weighted by Crippen LogP contribution is 2.57. The SMILES string of the molecule is C[C@H]1CCCCC/C=C\[C@H]2C[C@@]2(C(=O)NS(=O)(=O)C2CC2)CC(=O)[C@@H]2C[C@@H](O)CN2C1=O. The van der Waals surface area contributed by atoms with Crippen molar-refractivity contribution in [3.05, 3.63) is 12.2 Å². The number of fused-ring (bicyclic) bond motifs is 2. The first kappa shape index (κ1) is 23.4. The summed E-state index contributed by atoms with van der Waals surface area (Å²) >= 11 is 0. The third kappa shape index (κ3) is 4.78. The Labute approximate surface area is 189 Å². The van der Waals surface area contributed by atoms with Gasteiger partial charge in [0.05, 0.1) is 22.8 Å². The molecule has 0 unspecified atom stereocenters. The molecule has 2 aliphatic carbocycles.